The van der Waals surface area contributed by atoms with Gasteiger partial charge < -0.3 is 19.6 Å². The van der Waals surface area contributed by atoms with Crippen LogP contribution >= 0.6 is 0 Å². The molecule has 1 fully saturated rings. The predicted octanol–water partition coefficient (Wildman–Crippen LogP) is 3.52. The molecule has 0 unspecified atom stereocenters. The Kier molecular flexibility index (Phi) is 6.75. The zero-order valence-electron chi connectivity index (χ0n) is 18.2. The molecule has 0 aromatic heterocycles. The third-order valence-electron chi connectivity index (χ3n) is 5.29. The van der Waals surface area contributed by atoms with Crippen LogP contribution in [0.4, 0.5) is 4.39 Å². The van der Waals surface area contributed by atoms with Crippen LogP contribution < -0.4 is 4.74 Å². The molecule has 0 saturated carbocycles. The predicted molar refractivity (Wildman–Crippen MR) is 116 cm³/mol. The Morgan fingerprint density at radius 3 is 2.52 bits per heavy atom. The van der Waals surface area contributed by atoms with Gasteiger partial charge >= 0.3 is 0 Å². The molecule has 0 spiro atoms. The molecule has 7 heteroatoms. The van der Waals surface area contributed by atoms with Gasteiger partial charge in [-0.15, -0.1) is 0 Å². The van der Waals surface area contributed by atoms with Crippen LogP contribution in [0.25, 0.3) is 5.76 Å². The van der Waals surface area contributed by atoms with Gasteiger partial charge in [-0.2, -0.15) is 0 Å². The second-order valence-electron chi connectivity index (χ2n) is 7.73. The number of aliphatic hydroxyl groups is 1. The van der Waals surface area contributed by atoms with Gasteiger partial charge in [-0.1, -0.05) is 18.2 Å². The van der Waals surface area contributed by atoms with Gasteiger partial charge in [0, 0.05) is 24.2 Å². The molecule has 1 saturated heterocycles. The van der Waals surface area contributed by atoms with Crippen LogP contribution in [0.5, 0.6) is 5.75 Å². The molecule has 1 aliphatic heterocycles. The summed E-state index contributed by atoms with van der Waals surface area (Å²) in [5.41, 5.74) is 1.14. The van der Waals surface area contributed by atoms with Gasteiger partial charge in [0.15, 0.2) is 0 Å². The Balaban J connectivity index is 2.16. The molecule has 1 atom stereocenters. The largest absolute Gasteiger partial charge is 0.507 e. The number of hydrogen-bond donors (Lipinski definition) is 1. The van der Waals surface area contributed by atoms with E-state index in [1.54, 1.807) is 37.3 Å². The van der Waals surface area contributed by atoms with E-state index in [2.05, 4.69) is 0 Å². The molecular weight excluding hydrogens is 399 g/mol. The van der Waals surface area contributed by atoms with Crippen molar-refractivity contribution in [2.75, 3.05) is 33.8 Å². The van der Waals surface area contributed by atoms with Crippen molar-refractivity contribution in [1.82, 2.24) is 9.80 Å². The number of likely N-dealkylation sites (N-methyl/N-ethyl adjacent to an activating group) is 1. The van der Waals surface area contributed by atoms with E-state index < -0.39 is 23.5 Å². The van der Waals surface area contributed by atoms with Gasteiger partial charge in [0.1, 0.15) is 17.3 Å². The third-order valence-corrected chi connectivity index (χ3v) is 5.29. The number of nitrogens with zero attached hydrogens (tertiary/aromatic N) is 2. The number of amides is 1. The van der Waals surface area contributed by atoms with E-state index in [-0.39, 0.29) is 23.4 Å². The number of Topliss-reactive ketones (excluding diaryl/α,β-unsaturated/α-hetero) is 1. The van der Waals surface area contributed by atoms with Crippen molar-refractivity contribution in [2.45, 2.75) is 19.9 Å². The topological polar surface area (TPSA) is 70.1 Å². The molecule has 2 aromatic carbocycles. The molecule has 1 heterocycles. The summed E-state index contributed by atoms with van der Waals surface area (Å²) in [7, 11) is 3.69. The van der Waals surface area contributed by atoms with Crippen molar-refractivity contribution in [3.63, 3.8) is 0 Å². The van der Waals surface area contributed by atoms with Crippen LogP contribution in [0.2, 0.25) is 0 Å². The van der Waals surface area contributed by atoms with Crippen molar-refractivity contribution >= 4 is 17.4 Å². The molecule has 0 aliphatic carbocycles. The molecule has 1 amide bonds. The summed E-state index contributed by atoms with van der Waals surface area (Å²) in [6.45, 7) is 4.84. The molecule has 0 bridgehead atoms. The highest BCUT2D eigenvalue weighted by molar-refractivity contribution is 6.46. The average Bonchev–Trinajstić information content (AvgIpc) is 2.97. The van der Waals surface area contributed by atoms with Crippen LogP contribution in [-0.4, -0.2) is 60.4 Å². The quantitative estimate of drug-likeness (QED) is 0.417. The van der Waals surface area contributed by atoms with Gasteiger partial charge in [0.25, 0.3) is 11.7 Å². The highest BCUT2D eigenvalue weighted by Crippen LogP contribution is 2.40. The lowest BCUT2D eigenvalue weighted by Gasteiger charge is -2.27. The van der Waals surface area contributed by atoms with E-state index in [0.717, 1.165) is 0 Å². The minimum absolute atomic E-state index is 0.110. The first-order chi connectivity index (χ1) is 14.8. The standard InChI is InChI=1S/C24H27FN2O4/c1-5-31-16-10-11-17(15(2)14-16)22(28)20-21(18-8-6-7-9-19(18)25)27(13-12-26(3)4)24(30)23(20)29/h6-11,14,21,28H,5,12-13H2,1-4H3/t21-/m0/s1. The second-order valence-corrected chi connectivity index (χ2v) is 7.73. The van der Waals surface area contributed by atoms with Gasteiger partial charge in [0.05, 0.1) is 18.2 Å². The number of likely N-dealkylation sites (tertiary alicyclic amines) is 1. The number of hydrogen-bond acceptors (Lipinski definition) is 5. The van der Waals surface area contributed by atoms with Crippen molar-refractivity contribution in [3.8, 4) is 5.75 Å². The van der Waals surface area contributed by atoms with Crippen molar-refractivity contribution in [2.24, 2.45) is 0 Å². The number of ether oxygens (including phenoxy) is 1. The number of benzene rings is 2. The SMILES string of the molecule is CCOc1ccc(C(O)=C2C(=O)C(=O)N(CCN(C)C)[C@H]2c2ccccc2F)c(C)c1. The first-order valence-corrected chi connectivity index (χ1v) is 10.2. The average molecular weight is 426 g/mol. The van der Waals surface area contributed by atoms with Gasteiger partial charge in [-0.05, 0) is 57.8 Å². The fourth-order valence-electron chi connectivity index (χ4n) is 3.74. The van der Waals surface area contributed by atoms with E-state index in [1.165, 1.54) is 17.0 Å². The van der Waals surface area contributed by atoms with Gasteiger partial charge in [-0.25, -0.2) is 4.39 Å². The van der Waals surface area contributed by atoms with E-state index >= 15 is 0 Å². The lowest BCUT2D eigenvalue weighted by molar-refractivity contribution is -0.140. The number of carbonyl (C=O) groups is 2. The number of ketones is 1. The van der Waals surface area contributed by atoms with Crippen LogP contribution in [-0.2, 0) is 9.59 Å². The Bertz CT molecular complexity index is 1030. The molecule has 0 radical (unpaired) electrons. The molecule has 31 heavy (non-hydrogen) atoms. The maximum atomic E-state index is 14.7. The van der Waals surface area contributed by atoms with Crippen molar-refractivity contribution in [3.05, 3.63) is 70.5 Å². The zero-order chi connectivity index (χ0) is 22.7. The highest BCUT2D eigenvalue weighted by Gasteiger charge is 2.46. The lowest BCUT2D eigenvalue weighted by Crippen LogP contribution is -2.35. The molecule has 2 aromatic rings. The van der Waals surface area contributed by atoms with Crippen LogP contribution in [0.15, 0.2) is 48.0 Å². The first kappa shape index (κ1) is 22.5. The van der Waals surface area contributed by atoms with E-state index in [9.17, 15) is 19.1 Å². The minimum Gasteiger partial charge on any atom is -0.507 e. The number of aryl methyl sites for hydroxylation is 1. The summed E-state index contributed by atoms with van der Waals surface area (Å²) in [5.74, 6) is -1.80. The maximum Gasteiger partial charge on any atom is 0.295 e. The maximum absolute atomic E-state index is 14.7. The number of rotatable bonds is 7. The Hall–Kier alpha value is -3.19. The van der Waals surface area contributed by atoms with Gasteiger partial charge in [0.2, 0.25) is 0 Å². The molecular formula is C24H27FN2O4. The molecule has 3 rings (SSSR count). The summed E-state index contributed by atoms with van der Waals surface area (Å²) >= 11 is 0. The van der Waals surface area contributed by atoms with E-state index in [1.807, 2.05) is 25.9 Å². The molecule has 164 valence electrons. The summed E-state index contributed by atoms with van der Waals surface area (Å²) < 4.78 is 20.2. The van der Waals surface area contributed by atoms with Crippen LogP contribution in [0, 0.1) is 12.7 Å². The number of carbonyl (C=O) groups excluding carboxylic acids is 2. The Morgan fingerprint density at radius 2 is 1.90 bits per heavy atom. The third kappa shape index (κ3) is 4.46. The highest BCUT2D eigenvalue weighted by atomic mass is 19.1. The summed E-state index contributed by atoms with van der Waals surface area (Å²) in [5, 5.41) is 11.1. The monoisotopic (exact) mass is 426 g/mol. The zero-order valence-corrected chi connectivity index (χ0v) is 18.2. The first-order valence-electron chi connectivity index (χ1n) is 10.2. The smallest absolute Gasteiger partial charge is 0.295 e. The minimum atomic E-state index is -1.01. The van der Waals surface area contributed by atoms with Crippen LogP contribution in [0.1, 0.15) is 29.7 Å². The van der Waals surface area contributed by atoms with Crippen molar-refractivity contribution in [1.29, 1.82) is 0 Å². The Labute approximate surface area is 181 Å². The molecule has 6 nitrogen and oxygen atoms in total. The summed E-state index contributed by atoms with van der Waals surface area (Å²) in [6, 6.07) is 10.1. The van der Waals surface area contributed by atoms with E-state index in [0.29, 0.717) is 30.0 Å². The normalized spacial score (nSPS) is 18.1. The van der Waals surface area contributed by atoms with Crippen LogP contribution in [0.3, 0.4) is 0 Å². The lowest BCUT2D eigenvalue weighted by atomic mass is 9.93. The molecule has 1 N–H and O–H groups in total. The number of halogens is 1. The molecule has 1 aliphatic rings. The summed E-state index contributed by atoms with van der Waals surface area (Å²) in [4.78, 5) is 29.0. The number of aliphatic hydroxyl groups excluding tert-OH is 1. The van der Waals surface area contributed by atoms with Gasteiger partial charge in [-0.3, -0.25) is 9.59 Å². The van der Waals surface area contributed by atoms with E-state index in [4.69, 9.17) is 4.74 Å². The second kappa shape index (κ2) is 9.31. The fraction of sp³-hybridized carbons (Fsp3) is 0.333. The van der Waals surface area contributed by atoms with Crippen molar-refractivity contribution < 1.29 is 23.8 Å². The summed E-state index contributed by atoms with van der Waals surface area (Å²) in [6.07, 6.45) is 0. The fourth-order valence-corrected chi connectivity index (χ4v) is 3.74. The Morgan fingerprint density at radius 1 is 1.19 bits per heavy atom.